The van der Waals surface area contributed by atoms with Gasteiger partial charge in [0.25, 0.3) is 0 Å². The van der Waals surface area contributed by atoms with Crippen LogP contribution in [0.5, 0.6) is 0 Å². The second-order valence-electron chi connectivity index (χ2n) is 4.43. The number of aromatic nitrogens is 2. The van der Waals surface area contributed by atoms with Crippen LogP contribution in [0.2, 0.25) is 5.28 Å². The lowest BCUT2D eigenvalue weighted by Gasteiger charge is -2.30. The molecule has 1 aromatic heterocycles. The van der Waals surface area contributed by atoms with Crippen LogP contribution in [0.1, 0.15) is 26.5 Å². The van der Waals surface area contributed by atoms with E-state index in [0.717, 1.165) is 6.07 Å². The molecule has 0 aromatic carbocycles. The van der Waals surface area contributed by atoms with Gasteiger partial charge in [-0.25, -0.2) is 9.97 Å². The highest BCUT2D eigenvalue weighted by Gasteiger charge is 2.34. The highest BCUT2D eigenvalue weighted by atomic mass is 35.5. The zero-order valence-corrected chi connectivity index (χ0v) is 10.8. The molecule has 0 spiro atoms. The second kappa shape index (κ2) is 4.89. The monoisotopic (exact) mass is 283 g/mol. The van der Waals surface area contributed by atoms with Crippen molar-refractivity contribution in [2.75, 3.05) is 5.32 Å². The first kappa shape index (κ1) is 15.0. The molecule has 0 aliphatic heterocycles. The van der Waals surface area contributed by atoms with Crippen LogP contribution < -0.4 is 5.32 Å². The third-order valence-corrected chi connectivity index (χ3v) is 2.65. The van der Waals surface area contributed by atoms with E-state index in [1.54, 1.807) is 13.8 Å². The Morgan fingerprint density at radius 2 is 1.89 bits per heavy atom. The van der Waals surface area contributed by atoms with Gasteiger partial charge in [0.15, 0.2) is 5.69 Å². The first-order valence-corrected chi connectivity index (χ1v) is 5.48. The van der Waals surface area contributed by atoms with Gasteiger partial charge in [-0.2, -0.15) is 13.2 Å². The second-order valence-corrected chi connectivity index (χ2v) is 4.77. The Morgan fingerprint density at radius 1 is 1.33 bits per heavy atom. The summed E-state index contributed by atoms with van der Waals surface area (Å²) in [5.41, 5.74) is -1.98. The minimum absolute atomic E-state index is 0.0896. The van der Waals surface area contributed by atoms with E-state index in [4.69, 9.17) is 11.6 Å². The molecule has 0 aliphatic rings. The standard InChI is InChI=1S/C10H13ClF3N3O/c1-5(18)9(2,3)17-7-4-6(10(12,13)14)15-8(11)16-7/h4-5,18H,1-3H3,(H,15,16,17). The molecule has 102 valence electrons. The molecule has 1 atom stereocenters. The van der Waals surface area contributed by atoms with Crippen LogP contribution in [-0.2, 0) is 6.18 Å². The van der Waals surface area contributed by atoms with E-state index in [2.05, 4.69) is 15.3 Å². The quantitative estimate of drug-likeness (QED) is 0.838. The fourth-order valence-corrected chi connectivity index (χ4v) is 1.24. The van der Waals surface area contributed by atoms with Crippen molar-refractivity contribution in [1.29, 1.82) is 0 Å². The van der Waals surface area contributed by atoms with Gasteiger partial charge in [0, 0.05) is 6.07 Å². The number of aliphatic hydroxyl groups excluding tert-OH is 1. The van der Waals surface area contributed by atoms with E-state index in [0.29, 0.717) is 0 Å². The Kier molecular flexibility index (Phi) is 4.07. The molecule has 1 unspecified atom stereocenters. The molecule has 0 bridgehead atoms. The Bertz CT molecular complexity index is 435. The van der Waals surface area contributed by atoms with Gasteiger partial charge in [0.2, 0.25) is 5.28 Å². The van der Waals surface area contributed by atoms with Gasteiger partial charge in [0.1, 0.15) is 5.82 Å². The maximum absolute atomic E-state index is 12.5. The Morgan fingerprint density at radius 3 is 2.33 bits per heavy atom. The molecule has 0 amide bonds. The summed E-state index contributed by atoms with van der Waals surface area (Å²) in [4.78, 5) is 6.75. The smallest absolute Gasteiger partial charge is 0.391 e. The summed E-state index contributed by atoms with van der Waals surface area (Å²) in [6.07, 6.45) is -5.39. The lowest BCUT2D eigenvalue weighted by atomic mass is 9.99. The van der Waals surface area contributed by atoms with Crippen LogP contribution in [0.3, 0.4) is 0 Å². The van der Waals surface area contributed by atoms with Crippen molar-refractivity contribution in [1.82, 2.24) is 9.97 Å². The number of aliphatic hydroxyl groups is 1. The average molecular weight is 284 g/mol. The van der Waals surface area contributed by atoms with Crippen molar-refractivity contribution in [2.45, 2.75) is 38.6 Å². The number of nitrogens with zero attached hydrogens (tertiary/aromatic N) is 2. The fraction of sp³-hybridized carbons (Fsp3) is 0.600. The number of alkyl halides is 3. The lowest BCUT2D eigenvalue weighted by molar-refractivity contribution is -0.141. The van der Waals surface area contributed by atoms with E-state index < -0.39 is 28.8 Å². The summed E-state index contributed by atoms with van der Waals surface area (Å²) in [7, 11) is 0. The predicted molar refractivity (Wildman–Crippen MR) is 61.4 cm³/mol. The molecule has 18 heavy (non-hydrogen) atoms. The summed E-state index contributed by atoms with van der Waals surface area (Å²) in [6.45, 7) is 4.77. The molecule has 1 aromatic rings. The zero-order valence-electron chi connectivity index (χ0n) is 10.0. The van der Waals surface area contributed by atoms with Crippen molar-refractivity contribution in [3.05, 3.63) is 17.0 Å². The minimum Gasteiger partial charge on any atom is -0.391 e. The summed E-state index contributed by atoms with van der Waals surface area (Å²) in [5, 5.41) is 11.7. The molecule has 0 radical (unpaired) electrons. The highest BCUT2D eigenvalue weighted by Crippen LogP contribution is 2.30. The molecule has 0 aliphatic carbocycles. The average Bonchev–Trinajstić information content (AvgIpc) is 2.13. The van der Waals surface area contributed by atoms with Crippen LogP contribution >= 0.6 is 11.6 Å². The van der Waals surface area contributed by atoms with Crippen molar-refractivity contribution < 1.29 is 18.3 Å². The summed E-state index contributed by atoms with van der Waals surface area (Å²) in [6, 6.07) is 0.746. The Labute approximate surface area is 107 Å². The first-order chi connectivity index (χ1) is 8.02. The molecule has 0 saturated carbocycles. The first-order valence-electron chi connectivity index (χ1n) is 5.10. The molecule has 1 heterocycles. The highest BCUT2D eigenvalue weighted by molar-refractivity contribution is 6.28. The Balaban J connectivity index is 3.08. The van der Waals surface area contributed by atoms with Gasteiger partial charge >= 0.3 is 6.18 Å². The number of rotatable bonds is 3. The minimum atomic E-state index is -4.60. The van der Waals surface area contributed by atoms with Gasteiger partial charge in [-0.05, 0) is 32.4 Å². The maximum atomic E-state index is 12.5. The number of nitrogens with one attached hydrogen (secondary N) is 1. The normalized spacial score (nSPS) is 14.4. The van der Waals surface area contributed by atoms with Crippen LogP contribution in [0, 0.1) is 0 Å². The third kappa shape index (κ3) is 3.71. The van der Waals surface area contributed by atoms with E-state index in [-0.39, 0.29) is 5.82 Å². The third-order valence-electron chi connectivity index (χ3n) is 2.48. The number of anilines is 1. The molecule has 2 N–H and O–H groups in total. The predicted octanol–water partition coefficient (Wildman–Crippen LogP) is 2.72. The topological polar surface area (TPSA) is 58.0 Å². The van der Waals surface area contributed by atoms with Crippen molar-refractivity contribution >= 4 is 17.4 Å². The van der Waals surface area contributed by atoms with E-state index in [9.17, 15) is 18.3 Å². The summed E-state index contributed by atoms with van der Waals surface area (Å²) in [5.74, 6) is -0.0896. The Hall–Kier alpha value is -1.08. The van der Waals surface area contributed by atoms with Crippen LogP contribution in [0.15, 0.2) is 6.07 Å². The SMILES string of the molecule is CC(O)C(C)(C)Nc1cc(C(F)(F)F)nc(Cl)n1. The van der Waals surface area contributed by atoms with Gasteiger partial charge in [-0.1, -0.05) is 0 Å². The van der Waals surface area contributed by atoms with Crippen molar-refractivity contribution in [2.24, 2.45) is 0 Å². The van der Waals surface area contributed by atoms with Gasteiger partial charge in [-0.3, -0.25) is 0 Å². The molecule has 0 saturated heterocycles. The zero-order chi connectivity index (χ0) is 14.1. The van der Waals surface area contributed by atoms with E-state index in [1.807, 2.05) is 0 Å². The van der Waals surface area contributed by atoms with Crippen LogP contribution in [-0.4, -0.2) is 26.7 Å². The van der Waals surface area contributed by atoms with Crippen LogP contribution in [0.25, 0.3) is 0 Å². The number of hydrogen-bond acceptors (Lipinski definition) is 4. The van der Waals surface area contributed by atoms with Gasteiger partial charge in [0.05, 0.1) is 11.6 Å². The molecule has 4 nitrogen and oxygen atoms in total. The summed E-state index contributed by atoms with van der Waals surface area (Å²) >= 11 is 5.44. The van der Waals surface area contributed by atoms with E-state index in [1.165, 1.54) is 6.92 Å². The molecular formula is C10H13ClF3N3O. The van der Waals surface area contributed by atoms with Gasteiger partial charge in [-0.15, -0.1) is 0 Å². The maximum Gasteiger partial charge on any atom is 0.433 e. The number of halogens is 4. The number of hydrogen-bond donors (Lipinski definition) is 2. The lowest BCUT2D eigenvalue weighted by Crippen LogP contribution is -2.42. The largest absolute Gasteiger partial charge is 0.433 e. The van der Waals surface area contributed by atoms with Gasteiger partial charge < -0.3 is 10.4 Å². The van der Waals surface area contributed by atoms with E-state index >= 15 is 0 Å². The van der Waals surface area contributed by atoms with Crippen molar-refractivity contribution in [3.8, 4) is 0 Å². The molecule has 0 fully saturated rings. The van der Waals surface area contributed by atoms with Crippen LogP contribution in [0.4, 0.5) is 19.0 Å². The fourth-order valence-electron chi connectivity index (χ4n) is 1.06. The summed E-state index contributed by atoms with van der Waals surface area (Å²) < 4.78 is 37.5. The van der Waals surface area contributed by atoms with Crippen molar-refractivity contribution in [3.63, 3.8) is 0 Å². The molecular weight excluding hydrogens is 271 g/mol. The molecule has 1 rings (SSSR count). The molecule has 8 heteroatoms.